The number of hydrogen-bond acceptors (Lipinski definition) is 4. The summed E-state index contributed by atoms with van der Waals surface area (Å²) in [6.07, 6.45) is 0.0151. The van der Waals surface area contributed by atoms with Crippen molar-refractivity contribution in [1.29, 1.82) is 0 Å². The lowest BCUT2D eigenvalue weighted by molar-refractivity contribution is -0.118. The van der Waals surface area contributed by atoms with Crippen molar-refractivity contribution in [3.63, 3.8) is 0 Å². The molecule has 1 unspecified atom stereocenters. The molecular formula is C12H10N2O3. The maximum atomic E-state index is 12.2. The average molecular weight is 230 g/mol. The molecule has 1 saturated heterocycles. The van der Waals surface area contributed by atoms with Crippen LogP contribution in [0.3, 0.4) is 0 Å². The van der Waals surface area contributed by atoms with Crippen molar-refractivity contribution >= 4 is 23.1 Å². The van der Waals surface area contributed by atoms with Crippen LogP contribution in [-0.2, 0) is 4.79 Å². The number of fused-ring (bicyclic) bond motifs is 4. The monoisotopic (exact) mass is 230 g/mol. The zero-order valence-corrected chi connectivity index (χ0v) is 8.96. The van der Waals surface area contributed by atoms with Gasteiger partial charge in [-0.05, 0) is 12.1 Å². The molecule has 5 nitrogen and oxygen atoms in total. The van der Waals surface area contributed by atoms with E-state index in [0.717, 1.165) is 0 Å². The molecule has 0 aromatic heterocycles. The van der Waals surface area contributed by atoms with Crippen LogP contribution in [0.5, 0.6) is 0 Å². The molecule has 1 N–H and O–H groups in total. The molecule has 1 amide bonds. The van der Waals surface area contributed by atoms with Gasteiger partial charge in [0.2, 0.25) is 5.91 Å². The van der Waals surface area contributed by atoms with Gasteiger partial charge in [-0.1, -0.05) is 17.3 Å². The number of ketones is 1. The number of nitrogens with zero attached hydrogens (tertiary/aromatic N) is 2. The molecular weight excluding hydrogens is 220 g/mol. The molecule has 5 heteroatoms. The SMILES string of the molecule is O=C1c2ccccc2N2CC1C(=NO)CC2=O. The summed E-state index contributed by atoms with van der Waals surface area (Å²) in [7, 11) is 0. The number of piperidine rings is 1. The Hall–Kier alpha value is -2.17. The minimum absolute atomic E-state index is 0.0151. The van der Waals surface area contributed by atoms with Gasteiger partial charge in [0.1, 0.15) is 0 Å². The number of benzene rings is 1. The van der Waals surface area contributed by atoms with Gasteiger partial charge in [-0.15, -0.1) is 0 Å². The molecule has 2 heterocycles. The van der Waals surface area contributed by atoms with E-state index in [1.54, 1.807) is 29.2 Å². The fourth-order valence-electron chi connectivity index (χ4n) is 2.44. The average Bonchev–Trinajstić information content (AvgIpc) is 2.37. The second kappa shape index (κ2) is 3.41. The van der Waals surface area contributed by atoms with E-state index in [4.69, 9.17) is 5.21 Å². The first-order chi connectivity index (χ1) is 8.22. The Morgan fingerprint density at radius 1 is 1.29 bits per heavy atom. The van der Waals surface area contributed by atoms with Crippen LogP contribution in [0.2, 0.25) is 0 Å². The predicted molar refractivity (Wildman–Crippen MR) is 60.5 cm³/mol. The summed E-state index contributed by atoms with van der Waals surface area (Å²) in [5.41, 5.74) is 1.46. The number of amides is 1. The summed E-state index contributed by atoms with van der Waals surface area (Å²) in [4.78, 5) is 25.6. The zero-order valence-electron chi connectivity index (χ0n) is 8.96. The van der Waals surface area contributed by atoms with Gasteiger partial charge >= 0.3 is 0 Å². The highest BCUT2D eigenvalue weighted by Crippen LogP contribution is 2.34. The Labute approximate surface area is 97.3 Å². The van der Waals surface area contributed by atoms with Crippen LogP contribution >= 0.6 is 0 Å². The van der Waals surface area contributed by atoms with Crippen molar-refractivity contribution in [3.05, 3.63) is 29.8 Å². The Bertz CT molecular complexity index is 550. The Kier molecular flexibility index (Phi) is 2.01. The smallest absolute Gasteiger partial charge is 0.232 e. The van der Waals surface area contributed by atoms with Gasteiger partial charge in [0.05, 0.1) is 23.7 Å². The first-order valence-electron chi connectivity index (χ1n) is 5.37. The lowest BCUT2D eigenvalue weighted by Gasteiger charge is -2.37. The Balaban J connectivity index is 2.19. The van der Waals surface area contributed by atoms with Crippen LogP contribution in [0.4, 0.5) is 5.69 Å². The van der Waals surface area contributed by atoms with Gasteiger partial charge in [0, 0.05) is 12.1 Å². The lowest BCUT2D eigenvalue weighted by atomic mass is 9.83. The molecule has 1 atom stereocenters. The molecule has 1 aromatic rings. The molecule has 0 aliphatic carbocycles. The Morgan fingerprint density at radius 3 is 2.82 bits per heavy atom. The molecule has 2 bridgehead atoms. The summed E-state index contributed by atoms with van der Waals surface area (Å²) >= 11 is 0. The molecule has 0 spiro atoms. The minimum atomic E-state index is -0.493. The Morgan fingerprint density at radius 2 is 2.06 bits per heavy atom. The number of Topliss-reactive ketones (excluding diaryl/α,β-unsaturated/α-hetero) is 1. The normalized spacial score (nSPS) is 25.1. The van der Waals surface area contributed by atoms with Crippen molar-refractivity contribution in [3.8, 4) is 0 Å². The van der Waals surface area contributed by atoms with E-state index < -0.39 is 5.92 Å². The molecule has 2 aliphatic rings. The van der Waals surface area contributed by atoms with Gasteiger partial charge in [0.15, 0.2) is 5.78 Å². The second-order valence-electron chi connectivity index (χ2n) is 4.21. The topological polar surface area (TPSA) is 70.0 Å². The summed E-state index contributed by atoms with van der Waals surface area (Å²) in [6.45, 7) is 0.286. The van der Waals surface area contributed by atoms with E-state index in [2.05, 4.69) is 5.16 Å². The maximum absolute atomic E-state index is 12.2. The quantitative estimate of drug-likeness (QED) is 0.535. The third-order valence-electron chi connectivity index (χ3n) is 3.31. The third-order valence-corrected chi connectivity index (χ3v) is 3.31. The summed E-state index contributed by atoms with van der Waals surface area (Å²) < 4.78 is 0. The highest BCUT2D eigenvalue weighted by Gasteiger charge is 2.42. The molecule has 0 radical (unpaired) electrons. The van der Waals surface area contributed by atoms with Crippen LogP contribution in [0.25, 0.3) is 0 Å². The van der Waals surface area contributed by atoms with E-state index >= 15 is 0 Å². The molecule has 86 valence electrons. The summed E-state index contributed by atoms with van der Waals surface area (Å²) in [6, 6.07) is 7.03. The number of rotatable bonds is 0. The van der Waals surface area contributed by atoms with Gasteiger partial charge in [-0.3, -0.25) is 9.59 Å². The third kappa shape index (κ3) is 1.28. The fraction of sp³-hybridized carbons (Fsp3) is 0.250. The lowest BCUT2D eigenvalue weighted by Crippen LogP contribution is -2.51. The minimum Gasteiger partial charge on any atom is -0.411 e. The van der Waals surface area contributed by atoms with Crippen LogP contribution in [0.15, 0.2) is 29.4 Å². The van der Waals surface area contributed by atoms with Gasteiger partial charge in [0.25, 0.3) is 0 Å². The standard InChI is InChI=1S/C12H10N2O3/c15-11-5-9(13-17)8-6-14(11)10-4-2-1-3-7(10)12(8)16/h1-4,8,17H,5-6H2. The first kappa shape index (κ1) is 10.0. The van der Waals surface area contributed by atoms with Crippen LogP contribution in [0, 0.1) is 5.92 Å². The second-order valence-corrected chi connectivity index (χ2v) is 4.21. The van der Waals surface area contributed by atoms with Crippen molar-refractivity contribution in [2.24, 2.45) is 11.1 Å². The van der Waals surface area contributed by atoms with Crippen LogP contribution in [-0.4, -0.2) is 29.2 Å². The first-order valence-corrected chi connectivity index (χ1v) is 5.37. The molecule has 1 aromatic carbocycles. The number of carbonyl (C=O) groups excluding carboxylic acids is 2. The molecule has 0 saturated carbocycles. The van der Waals surface area contributed by atoms with Crippen molar-refractivity contribution < 1.29 is 14.8 Å². The largest absolute Gasteiger partial charge is 0.411 e. The van der Waals surface area contributed by atoms with Gasteiger partial charge in [-0.25, -0.2) is 0 Å². The van der Waals surface area contributed by atoms with Crippen molar-refractivity contribution in [1.82, 2.24) is 0 Å². The van der Waals surface area contributed by atoms with Gasteiger partial charge < -0.3 is 10.1 Å². The summed E-state index contributed by atoms with van der Waals surface area (Å²) in [5, 5.41) is 11.9. The van der Waals surface area contributed by atoms with E-state index in [1.165, 1.54) is 0 Å². The van der Waals surface area contributed by atoms with Crippen molar-refractivity contribution in [2.45, 2.75) is 6.42 Å². The maximum Gasteiger partial charge on any atom is 0.232 e. The van der Waals surface area contributed by atoms with E-state index in [-0.39, 0.29) is 30.4 Å². The van der Waals surface area contributed by atoms with E-state index in [1.807, 2.05) is 0 Å². The highest BCUT2D eigenvalue weighted by molar-refractivity contribution is 6.26. The highest BCUT2D eigenvalue weighted by atomic mass is 16.4. The van der Waals surface area contributed by atoms with E-state index in [9.17, 15) is 9.59 Å². The predicted octanol–water partition coefficient (Wildman–Crippen LogP) is 1.07. The number of carbonyl (C=O) groups is 2. The number of para-hydroxylation sites is 1. The molecule has 17 heavy (non-hydrogen) atoms. The van der Waals surface area contributed by atoms with Gasteiger partial charge in [-0.2, -0.15) is 0 Å². The zero-order chi connectivity index (χ0) is 12.0. The van der Waals surface area contributed by atoms with Crippen molar-refractivity contribution in [2.75, 3.05) is 11.4 Å². The van der Waals surface area contributed by atoms with E-state index in [0.29, 0.717) is 11.3 Å². The fourth-order valence-corrected chi connectivity index (χ4v) is 2.44. The summed E-state index contributed by atoms with van der Waals surface area (Å²) in [5.74, 6) is -0.696. The van der Waals surface area contributed by atoms with Crippen LogP contribution in [0.1, 0.15) is 16.8 Å². The molecule has 3 rings (SSSR count). The van der Waals surface area contributed by atoms with Crippen LogP contribution < -0.4 is 4.90 Å². The number of anilines is 1. The molecule has 2 aliphatic heterocycles. The molecule has 1 fully saturated rings. The number of hydrogen-bond donors (Lipinski definition) is 1. The number of oxime groups is 1.